The molecule has 0 amide bonds. The van der Waals surface area contributed by atoms with Crippen molar-refractivity contribution in [3.63, 3.8) is 0 Å². The van der Waals surface area contributed by atoms with Gasteiger partial charge in [0, 0.05) is 10.0 Å². The topological polar surface area (TPSA) is 67.6 Å². The largest absolute Gasteiger partial charge is 0.384 e. The van der Waals surface area contributed by atoms with Crippen molar-refractivity contribution in [1.82, 2.24) is 15.0 Å². The molecule has 0 fully saturated rings. The zero-order valence-corrected chi connectivity index (χ0v) is 11.3. The number of fused-ring (bicyclic) bond motifs is 1. The number of nitrogens with zero attached hydrogens (tertiary/aromatic N) is 2. The first-order valence-corrected chi connectivity index (χ1v) is 6.31. The summed E-state index contributed by atoms with van der Waals surface area (Å²) >= 11 is 3.53. The van der Waals surface area contributed by atoms with Gasteiger partial charge in [0.1, 0.15) is 11.6 Å². The lowest BCUT2D eigenvalue weighted by Gasteiger charge is -2.01. The number of benzene rings is 1. The monoisotopic (exact) mass is 302 g/mol. The van der Waals surface area contributed by atoms with Gasteiger partial charge in [-0.25, -0.2) is 9.97 Å². The summed E-state index contributed by atoms with van der Waals surface area (Å²) in [6, 6.07) is 9.78. The molecule has 90 valence electrons. The molecule has 1 aromatic carbocycles. The van der Waals surface area contributed by atoms with Crippen LogP contribution in [-0.2, 0) is 0 Å². The van der Waals surface area contributed by atoms with E-state index in [0.29, 0.717) is 11.5 Å². The summed E-state index contributed by atoms with van der Waals surface area (Å²) in [5, 5.41) is 0. The molecule has 18 heavy (non-hydrogen) atoms. The van der Waals surface area contributed by atoms with Crippen molar-refractivity contribution in [2.75, 3.05) is 5.73 Å². The highest BCUT2D eigenvalue weighted by molar-refractivity contribution is 9.10. The van der Waals surface area contributed by atoms with Crippen molar-refractivity contribution in [2.45, 2.75) is 6.92 Å². The summed E-state index contributed by atoms with van der Waals surface area (Å²) in [7, 11) is 0. The zero-order chi connectivity index (χ0) is 12.7. The van der Waals surface area contributed by atoms with E-state index in [1.807, 2.05) is 18.2 Å². The number of nitrogens with one attached hydrogen (secondary N) is 1. The first-order chi connectivity index (χ1) is 8.63. The Morgan fingerprint density at radius 2 is 2.00 bits per heavy atom. The number of H-pyrrole nitrogens is 1. The maximum Gasteiger partial charge on any atom is 0.180 e. The van der Waals surface area contributed by atoms with Gasteiger partial charge >= 0.3 is 0 Å². The smallest absolute Gasteiger partial charge is 0.180 e. The van der Waals surface area contributed by atoms with Crippen molar-refractivity contribution in [1.29, 1.82) is 0 Å². The SMILES string of the molecule is Cc1ccc(Br)c(-c2nc3nc(N)ccc3[nH]2)c1. The number of nitrogens with two attached hydrogens (primary N) is 1. The van der Waals surface area contributed by atoms with Crippen LogP contribution in [0.1, 0.15) is 5.56 Å². The van der Waals surface area contributed by atoms with Crippen molar-refractivity contribution < 1.29 is 0 Å². The second-order valence-corrected chi connectivity index (χ2v) is 5.03. The van der Waals surface area contributed by atoms with Crippen molar-refractivity contribution >= 4 is 32.9 Å². The normalized spacial score (nSPS) is 11.0. The minimum atomic E-state index is 0.476. The van der Waals surface area contributed by atoms with Crippen LogP contribution in [0.4, 0.5) is 5.82 Å². The first-order valence-electron chi connectivity index (χ1n) is 5.52. The Morgan fingerprint density at radius 3 is 2.83 bits per heavy atom. The molecule has 5 heteroatoms. The van der Waals surface area contributed by atoms with Gasteiger partial charge in [-0.2, -0.15) is 0 Å². The molecule has 3 aromatic rings. The van der Waals surface area contributed by atoms with Gasteiger partial charge in [0.05, 0.1) is 5.52 Å². The third kappa shape index (κ3) is 1.86. The van der Waals surface area contributed by atoms with E-state index in [-0.39, 0.29) is 0 Å². The van der Waals surface area contributed by atoms with Gasteiger partial charge in [0.25, 0.3) is 0 Å². The molecule has 2 aromatic heterocycles. The Labute approximate surface area is 112 Å². The van der Waals surface area contributed by atoms with E-state index < -0.39 is 0 Å². The van der Waals surface area contributed by atoms with Crippen LogP contribution in [0.15, 0.2) is 34.8 Å². The molecule has 0 saturated heterocycles. The van der Waals surface area contributed by atoms with Crippen LogP contribution >= 0.6 is 15.9 Å². The summed E-state index contributed by atoms with van der Waals surface area (Å²) < 4.78 is 1.00. The summed E-state index contributed by atoms with van der Waals surface area (Å²) in [4.78, 5) is 11.9. The van der Waals surface area contributed by atoms with E-state index in [4.69, 9.17) is 5.73 Å². The fraction of sp³-hybridized carbons (Fsp3) is 0.0769. The van der Waals surface area contributed by atoms with Crippen molar-refractivity contribution in [3.05, 3.63) is 40.4 Å². The Balaban J connectivity index is 2.22. The van der Waals surface area contributed by atoms with Gasteiger partial charge in [-0.05, 0) is 31.2 Å². The van der Waals surface area contributed by atoms with E-state index in [1.165, 1.54) is 5.56 Å². The number of hydrogen-bond acceptors (Lipinski definition) is 3. The van der Waals surface area contributed by atoms with Gasteiger partial charge in [-0.3, -0.25) is 0 Å². The summed E-state index contributed by atoms with van der Waals surface area (Å²) in [6.07, 6.45) is 0. The number of rotatable bonds is 1. The number of anilines is 1. The Morgan fingerprint density at radius 1 is 1.17 bits per heavy atom. The molecule has 0 bridgehead atoms. The van der Waals surface area contributed by atoms with Crippen molar-refractivity contribution in [2.24, 2.45) is 0 Å². The minimum Gasteiger partial charge on any atom is -0.384 e. The lowest BCUT2D eigenvalue weighted by atomic mass is 10.1. The molecule has 0 aliphatic rings. The van der Waals surface area contributed by atoms with Crippen LogP contribution in [0.25, 0.3) is 22.6 Å². The first kappa shape index (κ1) is 11.2. The van der Waals surface area contributed by atoms with E-state index in [9.17, 15) is 0 Å². The number of aromatic nitrogens is 3. The van der Waals surface area contributed by atoms with Crippen LogP contribution in [0.3, 0.4) is 0 Å². The zero-order valence-electron chi connectivity index (χ0n) is 9.74. The summed E-state index contributed by atoms with van der Waals surface area (Å²) in [5.74, 6) is 1.27. The van der Waals surface area contributed by atoms with Crippen LogP contribution in [-0.4, -0.2) is 15.0 Å². The lowest BCUT2D eigenvalue weighted by Crippen LogP contribution is -1.88. The van der Waals surface area contributed by atoms with E-state index in [0.717, 1.165) is 21.4 Å². The molecule has 0 aliphatic carbocycles. The molecule has 3 N–H and O–H groups in total. The van der Waals surface area contributed by atoms with Crippen LogP contribution in [0.2, 0.25) is 0 Å². The Kier molecular flexibility index (Phi) is 2.56. The van der Waals surface area contributed by atoms with E-state index in [1.54, 1.807) is 6.07 Å². The predicted octanol–water partition coefficient (Wildman–Crippen LogP) is 3.28. The van der Waals surface area contributed by atoms with E-state index in [2.05, 4.69) is 43.9 Å². The van der Waals surface area contributed by atoms with Crippen LogP contribution in [0.5, 0.6) is 0 Å². The average molecular weight is 303 g/mol. The number of halogens is 1. The van der Waals surface area contributed by atoms with Gasteiger partial charge in [-0.15, -0.1) is 0 Å². The maximum atomic E-state index is 5.65. The van der Waals surface area contributed by atoms with Gasteiger partial charge in [0.2, 0.25) is 0 Å². The molecule has 0 atom stereocenters. The highest BCUT2D eigenvalue weighted by Gasteiger charge is 2.09. The third-order valence-corrected chi connectivity index (χ3v) is 3.44. The van der Waals surface area contributed by atoms with Gasteiger partial charge in [0.15, 0.2) is 5.65 Å². The van der Waals surface area contributed by atoms with Crippen LogP contribution in [0, 0.1) is 6.92 Å². The standard InChI is InChI=1S/C13H11BrN4/c1-7-2-3-9(14)8(6-7)12-16-10-4-5-11(15)17-13(10)18-12/h2-6H,1H3,(H3,15,16,17,18). The quantitative estimate of drug-likeness (QED) is 0.725. The van der Waals surface area contributed by atoms with Gasteiger partial charge in [-0.1, -0.05) is 27.6 Å². The fourth-order valence-corrected chi connectivity index (χ4v) is 2.29. The number of pyridine rings is 1. The lowest BCUT2D eigenvalue weighted by molar-refractivity contribution is 1.29. The molecule has 0 radical (unpaired) electrons. The van der Waals surface area contributed by atoms with Crippen LogP contribution < -0.4 is 5.73 Å². The van der Waals surface area contributed by atoms with E-state index >= 15 is 0 Å². The second kappa shape index (κ2) is 4.10. The highest BCUT2D eigenvalue weighted by Crippen LogP contribution is 2.28. The minimum absolute atomic E-state index is 0.476. The molecule has 0 saturated carbocycles. The van der Waals surface area contributed by atoms with Crippen molar-refractivity contribution in [3.8, 4) is 11.4 Å². The third-order valence-electron chi connectivity index (χ3n) is 2.74. The molecular formula is C13H11BrN4. The number of nitrogen functional groups attached to an aromatic ring is 1. The Hall–Kier alpha value is -1.88. The number of aryl methyl sites for hydroxylation is 1. The molecule has 0 spiro atoms. The summed E-state index contributed by atoms with van der Waals surface area (Å²) in [6.45, 7) is 2.05. The predicted molar refractivity (Wildman–Crippen MR) is 76.2 cm³/mol. The average Bonchev–Trinajstić information content (AvgIpc) is 2.74. The summed E-state index contributed by atoms with van der Waals surface area (Å²) in [5.41, 5.74) is 9.37. The highest BCUT2D eigenvalue weighted by atomic mass is 79.9. The molecule has 2 heterocycles. The molecule has 3 rings (SSSR count). The fourth-order valence-electron chi connectivity index (χ4n) is 1.86. The molecule has 0 unspecified atom stereocenters. The molecular weight excluding hydrogens is 292 g/mol. The van der Waals surface area contributed by atoms with Gasteiger partial charge < -0.3 is 10.7 Å². The second-order valence-electron chi connectivity index (χ2n) is 4.18. The number of imidazole rings is 1. The molecule has 0 aliphatic heterocycles. The number of aromatic amines is 1. The Bertz CT molecular complexity index is 733. The number of hydrogen-bond donors (Lipinski definition) is 2. The maximum absolute atomic E-state index is 5.65. The molecule has 4 nitrogen and oxygen atoms in total.